The largest absolute Gasteiger partial charge is 0.493 e. The van der Waals surface area contributed by atoms with Gasteiger partial charge in [-0.25, -0.2) is 9.98 Å². The highest BCUT2D eigenvalue weighted by atomic mass is 127. The van der Waals surface area contributed by atoms with Crippen molar-refractivity contribution in [3.63, 3.8) is 0 Å². The molecule has 1 aliphatic heterocycles. The standard InChI is InChI=1S/C23H32N4O3.HI/c1-5-24-23(27-13-11-17(2)12-14-27)26-16-18-9-10-21(25-15-18)30-22-19(28-3)7-6-8-20(22)29-4;/h6-10,15,17H,5,11-14,16H2,1-4H3,(H,24,26);1H. The number of aliphatic imine (C=N–C) groups is 1. The van der Waals surface area contributed by atoms with E-state index in [1.54, 1.807) is 20.4 Å². The molecule has 7 nitrogen and oxygen atoms in total. The summed E-state index contributed by atoms with van der Waals surface area (Å²) in [6, 6.07) is 9.32. The van der Waals surface area contributed by atoms with Gasteiger partial charge >= 0.3 is 0 Å². The number of para-hydroxylation sites is 1. The molecule has 0 atom stereocenters. The second-order valence-corrected chi connectivity index (χ2v) is 7.44. The minimum atomic E-state index is 0. The summed E-state index contributed by atoms with van der Waals surface area (Å²) in [6.45, 7) is 7.95. The summed E-state index contributed by atoms with van der Waals surface area (Å²) < 4.78 is 16.7. The Kier molecular flexibility index (Phi) is 10.2. The van der Waals surface area contributed by atoms with E-state index in [1.807, 2.05) is 30.3 Å². The van der Waals surface area contributed by atoms with Crippen LogP contribution in [0.15, 0.2) is 41.5 Å². The number of hydrogen-bond acceptors (Lipinski definition) is 5. The van der Waals surface area contributed by atoms with Crippen molar-refractivity contribution in [2.24, 2.45) is 10.9 Å². The third-order valence-corrected chi connectivity index (χ3v) is 5.22. The van der Waals surface area contributed by atoms with Gasteiger partial charge in [0.05, 0.1) is 20.8 Å². The van der Waals surface area contributed by atoms with Crippen molar-refractivity contribution in [3.05, 3.63) is 42.1 Å². The fourth-order valence-corrected chi connectivity index (χ4v) is 3.40. The molecule has 8 heteroatoms. The molecule has 1 saturated heterocycles. The zero-order chi connectivity index (χ0) is 21.3. The van der Waals surface area contributed by atoms with Crippen LogP contribution in [0.3, 0.4) is 0 Å². The van der Waals surface area contributed by atoms with Crippen LogP contribution in [0.5, 0.6) is 23.1 Å². The highest BCUT2D eigenvalue weighted by Gasteiger charge is 2.18. The van der Waals surface area contributed by atoms with Gasteiger partial charge in [-0.3, -0.25) is 0 Å². The average molecular weight is 540 g/mol. The first-order chi connectivity index (χ1) is 14.6. The van der Waals surface area contributed by atoms with E-state index < -0.39 is 0 Å². The fraction of sp³-hybridized carbons (Fsp3) is 0.478. The summed E-state index contributed by atoms with van der Waals surface area (Å²) in [5.74, 6) is 3.94. The number of pyridine rings is 1. The monoisotopic (exact) mass is 540 g/mol. The number of piperidine rings is 1. The van der Waals surface area contributed by atoms with Crippen LogP contribution in [-0.2, 0) is 6.54 Å². The predicted molar refractivity (Wildman–Crippen MR) is 134 cm³/mol. The smallest absolute Gasteiger partial charge is 0.219 e. The van der Waals surface area contributed by atoms with E-state index in [1.165, 1.54) is 12.8 Å². The molecule has 2 heterocycles. The van der Waals surface area contributed by atoms with Crippen molar-refractivity contribution in [2.45, 2.75) is 33.2 Å². The van der Waals surface area contributed by atoms with Crippen LogP contribution < -0.4 is 19.5 Å². The second-order valence-electron chi connectivity index (χ2n) is 7.44. The molecule has 1 fully saturated rings. The maximum Gasteiger partial charge on any atom is 0.219 e. The first-order valence-electron chi connectivity index (χ1n) is 10.5. The van der Waals surface area contributed by atoms with Crippen LogP contribution in [0.1, 0.15) is 32.3 Å². The minimum Gasteiger partial charge on any atom is -0.493 e. The first-order valence-corrected chi connectivity index (χ1v) is 10.5. The summed E-state index contributed by atoms with van der Waals surface area (Å²) in [5, 5.41) is 3.41. The van der Waals surface area contributed by atoms with Crippen molar-refractivity contribution in [1.82, 2.24) is 15.2 Å². The van der Waals surface area contributed by atoms with Gasteiger partial charge in [-0.05, 0) is 43.4 Å². The molecule has 3 rings (SSSR count). The number of hydrogen-bond donors (Lipinski definition) is 1. The lowest BCUT2D eigenvalue weighted by Crippen LogP contribution is -2.45. The summed E-state index contributed by atoms with van der Waals surface area (Å²) in [4.78, 5) is 11.6. The number of ether oxygens (including phenoxy) is 3. The number of nitrogens with one attached hydrogen (secondary N) is 1. The number of methoxy groups -OCH3 is 2. The molecular weight excluding hydrogens is 507 g/mol. The summed E-state index contributed by atoms with van der Waals surface area (Å²) in [6.07, 6.45) is 4.22. The fourth-order valence-electron chi connectivity index (χ4n) is 3.40. The topological polar surface area (TPSA) is 68.2 Å². The highest BCUT2D eigenvalue weighted by Crippen LogP contribution is 2.39. The maximum atomic E-state index is 5.93. The van der Waals surface area contributed by atoms with Crippen LogP contribution in [0.2, 0.25) is 0 Å². The van der Waals surface area contributed by atoms with E-state index in [0.29, 0.717) is 29.7 Å². The number of halogens is 1. The molecule has 0 bridgehead atoms. The predicted octanol–water partition coefficient (Wildman–Crippen LogP) is 4.71. The van der Waals surface area contributed by atoms with Gasteiger partial charge in [0.15, 0.2) is 17.5 Å². The lowest BCUT2D eigenvalue weighted by Gasteiger charge is -2.33. The van der Waals surface area contributed by atoms with Crippen LogP contribution in [0, 0.1) is 5.92 Å². The Morgan fingerprint density at radius 2 is 1.81 bits per heavy atom. The molecule has 0 amide bonds. The van der Waals surface area contributed by atoms with Crippen molar-refractivity contribution in [3.8, 4) is 23.1 Å². The van der Waals surface area contributed by atoms with Crippen LogP contribution in [0.25, 0.3) is 0 Å². The zero-order valence-corrected chi connectivity index (χ0v) is 21.1. The third kappa shape index (κ3) is 6.88. The highest BCUT2D eigenvalue weighted by molar-refractivity contribution is 14.0. The molecule has 0 saturated carbocycles. The van der Waals surface area contributed by atoms with E-state index in [9.17, 15) is 0 Å². The molecule has 170 valence electrons. The average Bonchev–Trinajstić information content (AvgIpc) is 2.78. The van der Waals surface area contributed by atoms with Gasteiger partial charge in [-0.1, -0.05) is 19.1 Å². The van der Waals surface area contributed by atoms with Gasteiger partial charge in [0, 0.05) is 31.9 Å². The number of benzene rings is 1. The Balaban J connectivity index is 0.00000341. The van der Waals surface area contributed by atoms with Gasteiger partial charge in [-0.15, -0.1) is 24.0 Å². The normalized spacial score (nSPS) is 14.6. The minimum absolute atomic E-state index is 0. The quantitative estimate of drug-likeness (QED) is 0.312. The molecule has 0 spiro atoms. The van der Waals surface area contributed by atoms with E-state index in [-0.39, 0.29) is 24.0 Å². The number of aromatic nitrogens is 1. The molecule has 1 aliphatic rings. The van der Waals surface area contributed by atoms with Gasteiger partial charge in [0.2, 0.25) is 11.6 Å². The summed E-state index contributed by atoms with van der Waals surface area (Å²) in [5.41, 5.74) is 1.02. The van der Waals surface area contributed by atoms with Crippen molar-refractivity contribution >= 4 is 29.9 Å². The summed E-state index contributed by atoms with van der Waals surface area (Å²) >= 11 is 0. The molecule has 1 aromatic carbocycles. The van der Waals surface area contributed by atoms with Gasteiger partial charge < -0.3 is 24.4 Å². The molecule has 0 unspecified atom stereocenters. The SMILES string of the molecule is CCNC(=NCc1ccc(Oc2c(OC)cccc2OC)nc1)N1CCC(C)CC1.I. The molecule has 2 aromatic rings. The van der Waals surface area contributed by atoms with E-state index in [2.05, 4.69) is 29.0 Å². The van der Waals surface area contributed by atoms with Gasteiger partial charge in [0.1, 0.15) is 0 Å². The van der Waals surface area contributed by atoms with E-state index in [4.69, 9.17) is 19.2 Å². The lowest BCUT2D eigenvalue weighted by molar-refractivity contribution is 0.273. The third-order valence-electron chi connectivity index (χ3n) is 5.22. The Labute approximate surface area is 202 Å². The molecule has 1 aromatic heterocycles. The summed E-state index contributed by atoms with van der Waals surface area (Å²) in [7, 11) is 3.20. The van der Waals surface area contributed by atoms with Crippen molar-refractivity contribution in [2.75, 3.05) is 33.9 Å². The van der Waals surface area contributed by atoms with Crippen LogP contribution >= 0.6 is 24.0 Å². The number of likely N-dealkylation sites (tertiary alicyclic amines) is 1. The van der Waals surface area contributed by atoms with E-state index >= 15 is 0 Å². The van der Waals surface area contributed by atoms with Gasteiger partial charge in [-0.2, -0.15) is 0 Å². The number of nitrogens with zero attached hydrogens (tertiary/aromatic N) is 3. The Bertz CT molecular complexity index is 815. The Morgan fingerprint density at radius 3 is 2.35 bits per heavy atom. The van der Waals surface area contributed by atoms with Gasteiger partial charge in [0.25, 0.3) is 0 Å². The number of guanidine groups is 1. The number of rotatable bonds is 7. The zero-order valence-electron chi connectivity index (χ0n) is 18.8. The van der Waals surface area contributed by atoms with E-state index in [0.717, 1.165) is 37.1 Å². The molecule has 0 radical (unpaired) electrons. The Hall–Kier alpha value is -2.23. The molecule has 0 aliphatic carbocycles. The van der Waals surface area contributed by atoms with Crippen molar-refractivity contribution < 1.29 is 14.2 Å². The lowest BCUT2D eigenvalue weighted by atomic mass is 10.00. The molecular formula is C23H33IN4O3. The van der Waals surface area contributed by atoms with Crippen molar-refractivity contribution in [1.29, 1.82) is 0 Å². The maximum absolute atomic E-state index is 5.93. The van der Waals surface area contributed by atoms with Crippen LogP contribution in [-0.4, -0.2) is 49.7 Å². The Morgan fingerprint density at radius 1 is 1.13 bits per heavy atom. The van der Waals surface area contributed by atoms with Crippen LogP contribution in [0.4, 0.5) is 0 Å². The second kappa shape index (κ2) is 12.6. The molecule has 1 N–H and O–H groups in total. The molecule has 31 heavy (non-hydrogen) atoms. The first kappa shape index (κ1) is 25.0.